The molecule has 3 nitrogen and oxygen atoms in total. The maximum atomic E-state index is 9.58. The zero-order valence-electron chi connectivity index (χ0n) is 11.1. The predicted molar refractivity (Wildman–Crippen MR) is 66.9 cm³/mol. The molecule has 0 aromatic rings. The Morgan fingerprint density at radius 3 is 2.65 bits per heavy atom. The van der Waals surface area contributed by atoms with Crippen LogP contribution in [0.25, 0.3) is 0 Å². The molecule has 0 heterocycles. The van der Waals surface area contributed by atoms with E-state index in [1.54, 1.807) is 0 Å². The average Bonchev–Trinajstić information content (AvgIpc) is 2.31. The van der Waals surface area contributed by atoms with Crippen molar-refractivity contribution in [2.45, 2.75) is 64.3 Å². The summed E-state index contributed by atoms with van der Waals surface area (Å²) in [7, 11) is 0. The molecular weight excluding hydrogens is 216 g/mol. The van der Waals surface area contributed by atoms with Crippen molar-refractivity contribution in [3.63, 3.8) is 0 Å². The first kappa shape index (κ1) is 13.3. The van der Waals surface area contributed by atoms with Crippen LogP contribution in [0, 0.1) is 11.8 Å². The molecule has 3 heteroatoms. The topological polar surface area (TPSA) is 38.7 Å². The summed E-state index contributed by atoms with van der Waals surface area (Å²) in [4.78, 5) is 0. The van der Waals surface area contributed by atoms with E-state index in [0.717, 1.165) is 24.9 Å². The number of aliphatic hydroxyl groups is 1. The lowest BCUT2D eigenvalue weighted by Crippen LogP contribution is -2.54. The van der Waals surface area contributed by atoms with Gasteiger partial charge in [-0.1, -0.05) is 19.8 Å². The molecule has 0 aliphatic heterocycles. The molecule has 5 unspecified atom stereocenters. The van der Waals surface area contributed by atoms with Gasteiger partial charge in [0.1, 0.15) is 6.10 Å². The maximum absolute atomic E-state index is 9.58. The van der Waals surface area contributed by atoms with Crippen molar-refractivity contribution in [1.29, 1.82) is 0 Å². The fourth-order valence-electron chi connectivity index (χ4n) is 3.10. The van der Waals surface area contributed by atoms with E-state index in [1.807, 2.05) is 6.92 Å². The van der Waals surface area contributed by atoms with Crippen molar-refractivity contribution in [3.05, 3.63) is 0 Å². The van der Waals surface area contributed by atoms with E-state index in [0.29, 0.717) is 6.61 Å². The van der Waals surface area contributed by atoms with Crippen molar-refractivity contribution in [2.24, 2.45) is 11.8 Å². The molecule has 17 heavy (non-hydrogen) atoms. The smallest absolute Gasteiger partial charge is 0.110 e. The predicted octanol–water partition coefficient (Wildman–Crippen LogP) is 2.37. The summed E-state index contributed by atoms with van der Waals surface area (Å²) >= 11 is 0. The molecule has 1 N–H and O–H groups in total. The Hall–Kier alpha value is -0.120. The van der Waals surface area contributed by atoms with Crippen molar-refractivity contribution in [3.8, 4) is 0 Å². The van der Waals surface area contributed by atoms with E-state index in [4.69, 9.17) is 9.47 Å². The Morgan fingerprint density at radius 2 is 2.00 bits per heavy atom. The van der Waals surface area contributed by atoms with Crippen LogP contribution in [0.4, 0.5) is 0 Å². The maximum Gasteiger partial charge on any atom is 0.110 e. The van der Waals surface area contributed by atoms with Crippen LogP contribution in [0.3, 0.4) is 0 Å². The second kappa shape index (κ2) is 6.17. The summed E-state index contributed by atoms with van der Waals surface area (Å²) < 4.78 is 11.4. The fourth-order valence-corrected chi connectivity index (χ4v) is 3.10. The van der Waals surface area contributed by atoms with Gasteiger partial charge in [-0.25, -0.2) is 0 Å². The van der Waals surface area contributed by atoms with Gasteiger partial charge in [0.15, 0.2) is 0 Å². The SMILES string of the molecule is CCOC1C(O)CC1OCC1CCCC(C)C1. The summed E-state index contributed by atoms with van der Waals surface area (Å²) in [6, 6.07) is 0. The van der Waals surface area contributed by atoms with Crippen LogP contribution in [0.15, 0.2) is 0 Å². The fraction of sp³-hybridized carbons (Fsp3) is 1.00. The molecule has 2 saturated carbocycles. The number of ether oxygens (including phenoxy) is 2. The molecule has 0 radical (unpaired) electrons. The third kappa shape index (κ3) is 3.43. The van der Waals surface area contributed by atoms with E-state index < -0.39 is 0 Å². The highest BCUT2D eigenvalue weighted by molar-refractivity contribution is 4.92. The van der Waals surface area contributed by atoms with Gasteiger partial charge >= 0.3 is 0 Å². The van der Waals surface area contributed by atoms with Crippen molar-refractivity contribution >= 4 is 0 Å². The highest BCUT2D eigenvalue weighted by atomic mass is 16.6. The van der Waals surface area contributed by atoms with Gasteiger partial charge in [-0.2, -0.15) is 0 Å². The van der Waals surface area contributed by atoms with Gasteiger partial charge in [0.2, 0.25) is 0 Å². The molecule has 2 aliphatic rings. The molecule has 5 atom stereocenters. The molecular formula is C14H26O3. The molecule has 2 rings (SSSR count). The normalized spacial score (nSPS) is 42.2. The standard InChI is InChI=1S/C14H26O3/c1-3-16-14-12(15)8-13(14)17-9-11-6-4-5-10(2)7-11/h10-15H,3-9H2,1-2H3. The van der Waals surface area contributed by atoms with Crippen LogP contribution in [0.2, 0.25) is 0 Å². The summed E-state index contributed by atoms with van der Waals surface area (Å²) in [5.41, 5.74) is 0. The zero-order chi connectivity index (χ0) is 12.3. The molecule has 0 amide bonds. The number of rotatable bonds is 5. The van der Waals surface area contributed by atoms with Crippen molar-refractivity contribution in [1.82, 2.24) is 0 Å². The Morgan fingerprint density at radius 1 is 1.18 bits per heavy atom. The van der Waals surface area contributed by atoms with Gasteiger partial charge in [0, 0.05) is 19.6 Å². The lowest BCUT2D eigenvalue weighted by molar-refractivity contribution is -0.195. The van der Waals surface area contributed by atoms with Crippen LogP contribution in [0.1, 0.15) is 46.0 Å². The molecule has 100 valence electrons. The third-order valence-electron chi connectivity index (χ3n) is 4.17. The van der Waals surface area contributed by atoms with Crippen LogP contribution >= 0.6 is 0 Å². The second-order valence-electron chi connectivity index (χ2n) is 5.73. The largest absolute Gasteiger partial charge is 0.390 e. The van der Waals surface area contributed by atoms with Crippen LogP contribution < -0.4 is 0 Å². The number of hydrogen-bond acceptors (Lipinski definition) is 3. The van der Waals surface area contributed by atoms with Crippen molar-refractivity contribution in [2.75, 3.05) is 13.2 Å². The van der Waals surface area contributed by atoms with Gasteiger partial charge in [-0.15, -0.1) is 0 Å². The Balaban J connectivity index is 1.67. The molecule has 0 aromatic heterocycles. The summed E-state index contributed by atoms with van der Waals surface area (Å²) in [5, 5.41) is 9.58. The molecule has 0 aromatic carbocycles. The number of aliphatic hydroxyl groups excluding tert-OH is 1. The molecule has 0 bridgehead atoms. The Bertz CT molecular complexity index is 232. The van der Waals surface area contributed by atoms with Crippen LogP contribution in [-0.4, -0.2) is 36.6 Å². The molecule has 2 aliphatic carbocycles. The first-order valence-corrected chi connectivity index (χ1v) is 7.12. The number of hydrogen-bond donors (Lipinski definition) is 1. The Kier molecular flexibility index (Phi) is 4.83. The van der Waals surface area contributed by atoms with Crippen molar-refractivity contribution < 1.29 is 14.6 Å². The molecule has 0 saturated heterocycles. The lowest BCUT2D eigenvalue weighted by atomic mass is 9.82. The van der Waals surface area contributed by atoms with Crippen LogP contribution in [0.5, 0.6) is 0 Å². The van der Waals surface area contributed by atoms with Gasteiger partial charge in [-0.3, -0.25) is 0 Å². The minimum absolute atomic E-state index is 0.0824. The summed E-state index contributed by atoms with van der Waals surface area (Å²) in [6.45, 7) is 5.81. The molecule has 0 spiro atoms. The minimum atomic E-state index is -0.315. The first-order valence-electron chi connectivity index (χ1n) is 7.12. The van der Waals surface area contributed by atoms with E-state index in [2.05, 4.69) is 6.92 Å². The minimum Gasteiger partial charge on any atom is -0.390 e. The third-order valence-corrected chi connectivity index (χ3v) is 4.17. The monoisotopic (exact) mass is 242 g/mol. The van der Waals surface area contributed by atoms with Gasteiger partial charge in [-0.05, 0) is 31.6 Å². The average molecular weight is 242 g/mol. The first-order chi connectivity index (χ1) is 8.20. The highest BCUT2D eigenvalue weighted by Crippen LogP contribution is 2.32. The zero-order valence-corrected chi connectivity index (χ0v) is 11.1. The van der Waals surface area contributed by atoms with Crippen LogP contribution in [-0.2, 0) is 9.47 Å². The van der Waals surface area contributed by atoms with Gasteiger partial charge in [0.05, 0.1) is 12.2 Å². The van der Waals surface area contributed by atoms with Gasteiger partial charge in [0.25, 0.3) is 0 Å². The molecule has 2 fully saturated rings. The summed E-state index contributed by atoms with van der Waals surface area (Å²) in [5.74, 6) is 1.57. The van der Waals surface area contributed by atoms with E-state index >= 15 is 0 Å². The van der Waals surface area contributed by atoms with E-state index in [9.17, 15) is 5.11 Å². The summed E-state index contributed by atoms with van der Waals surface area (Å²) in [6.07, 6.45) is 5.80. The lowest BCUT2D eigenvalue weighted by Gasteiger charge is -2.41. The van der Waals surface area contributed by atoms with E-state index in [1.165, 1.54) is 25.7 Å². The second-order valence-corrected chi connectivity index (χ2v) is 5.73. The highest BCUT2D eigenvalue weighted by Gasteiger charge is 2.41. The Labute approximate surface area is 104 Å². The van der Waals surface area contributed by atoms with E-state index in [-0.39, 0.29) is 18.3 Å². The van der Waals surface area contributed by atoms with Gasteiger partial charge < -0.3 is 14.6 Å². The quantitative estimate of drug-likeness (QED) is 0.804.